The fourth-order valence-electron chi connectivity index (χ4n) is 2.02. The zero-order chi connectivity index (χ0) is 14.0. The number of nitrogens with two attached hydrogens (primary N) is 1. The van der Waals surface area contributed by atoms with Crippen molar-refractivity contribution in [2.45, 2.75) is 19.4 Å². The number of hydrogen-bond acceptors (Lipinski definition) is 1. The van der Waals surface area contributed by atoms with E-state index >= 15 is 0 Å². The van der Waals surface area contributed by atoms with Gasteiger partial charge in [-0.05, 0) is 54.3 Å². The van der Waals surface area contributed by atoms with Crippen LogP contribution in [0.5, 0.6) is 0 Å². The number of halogens is 3. The Morgan fingerprint density at radius 1 is 1.00 bits per heavy atom. The summed E-state index contributed by atoms with van der Waals surface area (Å²) >= 11 is 0. The van der Waals surface area contributed by atoms with Crippen molar-refractivity contribution in [3.63, 3.8) is 0 Å². The quantitative estimate of drug-likeness (QED) is 0.900. The second-order valence-electron chi connectivity index (χ2n) is 4.62. The first kappa shape index (κ1) is 13.6. The van der Waals surface area contributed by atoms with E-state index in [0.29, 0.717) is 17.5 Å². The predicted octanol–water partition coefficient (Wildman–Crippen LogP) is 3.65. The summed E-state index contributed by atoms with van der Waals surface area (Å²) in [5, 5.41) is 0. The molecule has 1 atom stereocenters. The van der Waals surface area contributed by atoms with Gasteiger partial charge >= 0.3 is 0 Å². The molecule has 1 nitrogen and oxygen atoms in total. The summed E-state index contributed by atoms with van der Waals surface area (Å²) in [4.78, 5) is 0. The van der Waals surface area contributed by atoms with Crippen molar-refractivity contribution in [2.24, 2.45) is 5.73 Å². The van der Waals surface area contributed by atoms with Crippen LogP contribution in [0.15, 0.2) is 36.4 Å². The summed E-state index contributed by atoms with van der Waals surface area (Å²) in [7, 11) is 0. The topological polar surface area (TPSA) is 26.0 Å². The molecule has 19 heavy (non-hydrogen) atoms. The standard InChI is InChI=1S/C15H14F3N/c1-9-4-11(8-12(16)5-9)15(19)7-10-2-3-13(17)14(18)6-10/h2-6,8,15H,7,19H2,1H3. The summed E-state index contributed by atoms with van der Waals surface area (Å²) in [5.74, 6) is -2.14. The first-order chi connectivity index (χ1) is 8.95. The van der Waals surface area contributed by atoms with Crippen molar-refractivity contribution in [1.82, 2.24) is 0 Å². The molecule has 0 heterocycles. The first-order valence-electron chi connectivity index (χ1n) is 5.92. The molecule has 100 valence electrons. The fraction of sp³-hybridized carbons (Fsp3) is 0.200. The van der Waals surface area contributed by atoms with Gasteiger partial charge in [-0.3, -0.25) is 0 Å². The highest BCUT2D eigenvalue weighted by Crippen LogP contribution is 2.20. The maximum Gasteiger partial charge on any atom is 0.159 e. The molecule has 2 rings (SSSR count). The average Bonchev–Trinajstić information content (AvgIpc) is 2.32. The minimum absolute atomic E-state index is 0.320. The van der Waals surface area contributed by atoms with Gasteiger partial charge in [0.25, 0.3) is 0 Å². The van der Waals surface area contributed by atoms with E-state index < -0.39 is 17.7 Å². The van der Waals surface area contributed by atoms with Gasteiger partial charge in [-0.25, -0.2) is 13.2 Å². The van der Waals surface area contributed by atoms with E-state index in [4.69, 9.17) is 5.73 Å². The van der Waals surface area contributed by atoms with Crippen LogP contribution in [0.2, 0.25) is 0 Å². The van der Waals surface area contributed by atoms with Gasteiger partial charge in [-0.15, -0.1) is 0 Å². The first-order valence-corrected chi connectivity index (χ1v) is 5.92. The van der Waals surface area contributed by atoms with Crippen molar-refractivity contribution in [3.05, 3.63) is 70.5 Å². The normalized spacial score (nSPS) is 12.5. The molecule has 0 spiro atoms. The van der Waals surface area contributed by atoms with E-state index in [1.807, 2.05) is 0 Å². The maximum absolute atomic E-state index is 13.3. The molecular weight excluding hydrogens is 251 g/mol. The van der Waals surface area contributed by atoms with Gasteiger partial charge in [0.15, 0.2) is 11.6 Å². The molecule has 1 unspecified atom stereocenters. The lowest BCUT2D eigenvalue weighted by Crippen LogP contribution is -2.14. The molecule has 0 radical (unpaired) electrons. The minimum Gasteiger partial charge on any atom is -0.324 e. The average molecular weight is 265 g/mol. The Bertz CT molecular complexity index is 576. The van der Waals surface area contributed by atoms with Crippen LogP contribution in [0.25, 0.3) is 0 Å². The number of aryl methyl sites for hydroxylation is 1. The van der Waals surface area contributed by atoms with E-state index in [0.717, 1.165) is 17.7 Å². The summed E-state index contributed by atoms with van der Waals surface area (Å²) < 4.78 is 39.2. The lowest BCUT2D eigenvalue weighted by atomic mass is 9.98. The summed E-state index contributed by atoms with van der Waals surface area (Å²) in [5.41, 5.74) is 7.96. The Balaban J connectivity index is 2.20. The monoisotopic (exact) mass is 265 g/mol. The molecule has 0 amide bonds. The third kappa shape index (κ3) is 3.35. The Hall–Kier alpha value is -1.81. The lowest BCUT2D eigenvalue weighted by molar-refractivity contribution is 0.506. The van der Waals surface area contributed by atoms with Crippen LogP contribution in [0.4, 0.5) is 13.2 Å². The number of rotatable bonds is 3. The van der Waals surface area contributed by atoms with Crippen LogP contribution in [0, 0.1) is 24.4 Å². The highest BCUT2D eigenvalue weighted by Gasteiger charge is 2.11. The molecule has 0 saturated carbocycles. The molecule has 4 heteroatoms. The van der Waals surface area contributed by atoms with Gasteiger partial charge < -0.3 is 5.73 Å². The Morgan fingerprint density at radius 2 is 1.74 bits per heavy atom. The van der Waals surface area contributed by atoms with Crippen molar-refractivity contribution in [3.8, 4) is 0 Å². The van der Waals surface area contributed by atoms with Crippen LogP contribution in [0.3, 0.4) is 0 Å². The van der Waals surface area contributed by atoms with Crippen molar-refractivity contribution in [2.75, 3.05) is 0 Å². The Labute approximate surface area is 109 Å². The van der Waals surface area contributed by atoms with Gasteiger partial charge in [0.2, 0.25) is 0 Å². The van der Waals surface area contributed by atoms with E-state index in [1.165, 1.54) is 18.2 Å². The highest BCUT2D eigenvalue weighted by molar-refractivity contribution is 5.28. The predicted molar refractivity (Wildman–Crippen MR) is 68.1 cm³/mol. The summed E-state index contributed by atoms with van der Waals surface area (Å²) in [6, 6.07) is 7.75. The lowest BCUT2D eigenvalue weighted by Gasteiger charge is -2.13. The SMILES string of the molecule is Cc1cc(F)cc(C(N)Cc2ccc(F)c(F)c2)c1. The maximum atomic E-state index is 13.3. The molecule has 0 aliphatic carbocycles. The molecular formula is C15H14F3N. The Kier molecular flexibility index (Phi) is 3.90. The summed E-state index contributed by atoms with van der Waals surface area (Å²) in [6.45, 7) is 1.77. The molecule has 0 fully saturated rings. The summed E-state index contributed by atoms with van der Waals surface area (Å²) in [6.07, 6.45) is 0.320. The second kappa shape index (κ2) is 5.45. The van der Waals surface area contributed by atoms with Crippen LogP contribution in [-0.2, 0) is 6.42 Å². The van der Waals surface area contributed by atoms with E-state index in [9.17, 15) is 13.2 Å². The van der Waals surface area contributed by atoms with Gasteiger partial charge in [0.05, 0.1) is 0 Å². The van der Waals surface area contributed by atoms with E-state index in [-0.39, 0.29) is 5.82 Å². The minimum atomic E-state index is -0.903. The zero-order valence-electron chi connectivity index (χ0n) is 10.5. The van der Waals surface area contributed by atoms with Crippen LogP contribution in [0.1, 0.15) is 22.7 Å². The third-order valence-corrected chi connectivity index (χ3v) is 2.93. The number of hydrogen-bond donors (Lipinski definition) is 1. The van der Waals surface area contributed by atoms with Gasteiger partial charge in [0, 0.05) is 6.04 Å². The largest absolute Gasteiger partial charge is 0.324 e. The smallest absolute Gasteiger partial charge is 0.159 e. The van der Waals surface area contributed by atoms with Crippen LogP contribution < -0.4 is 5.73 Å². The van der Waals surface area contributed by atoms with Crippen LogP contribution >= 0.6 is 0 Å². The van der Waals surface area contributed by atoms with Crippen molar-refractivity contribution >= 4 is 0 Å². The molecule has 0 aromatic heterocycles. The van der Waals surface area contributed by atoms with Gasteiger partial charge in [-0.2, -0.15) is 0 Å². The molecule has 2 N–H and O–H groups in total. The molecule has 0 bridgehead atoms. The number of benzene rings is 2. The molecule has 0 aliphatic rings. The zero-order valence-corrected chi connectivity index (χ0v) is 10.5. The van der Waals surface area contributed by atoms with Crippen LogP contribution in [-0.4, -0.2) is 0 Å². The second-order valence-corrected chi connectivity index (χ2v) is 4.62. The van der Waals surface area contributed by atoms with Gasteiger partial charge in [0.1, 0.15) is 5.82 Å². The Morgan fingerprint density at radius 3 is 2.37 bits per heavy atom. The van der Waals surface area contributed by atoms with Crippen molar-refractivity contribution < 1.29 is 13.2 Å². The third-order valence-electron chi connectivity index (χ3n) is 2.93. The molecule has 0 aliphatic heterocycles. The fourth-order valence-corrected chi connectivity index (χ4v) is 2.02. The van der Waals surface area contributed by atoms with Crippen molar-refractivity contribution in [1.29, 1.82) is 0 Å². The van der Waals surface area contributed by atoms with E-state index in [2.05, 4.69) is 0 Å². The molecule has 0 saturated heterocycles. The molecule has 2 aromatic rings. The van der Waals surface area contributed by atoms with E-state index in [1.54, 1.807) is 13.0 Å². The van der Waals surface area contributed by atoms with Gasteiger partial charge in [-0.1, -0.05) is 12.1 Å². The highest BCUT2D eigenvalue weighted by atomic mass is 19.2. The molecule has 2 aromatic carbocycles.